The fourth-order valence-corrected chi connectivity index (χ4v) is 2.35. The molecule has 1 amide bonds. The van der Waals surface area contributed by atoms with E-state index in [2.05, 4.69) is 10.3 Å². The Morgan fingerprint density at radius 3 is 2.73 bits per heavy atom. The summed E-state index contributed by atoms with van der Waals surface area (Å²) in [6.07, 6.45) is 0. The zero-order chi connectivity index (χ0) is 16.3. The number of nitrogens with one attached hydrogen (secondary N) is 1. The quantitative estimate of drug-likeness (QED) is 0.937. The monoisotopic (exact) mass is 323 g/mol. The molecule has 0 spiro atoms. The first-order valence-electron chi connectivity index (χ1n) is 6.67. The number of amides is 1. The first-order valence-corrected chi connectivity index (χ1v) is 7.04. The van der Waals surface area contributed by atoms with Crippen molar-refractivity contribution < 1.29 is 9.18 Å². The molecule has 0 radical (unpaired) electrons. The van der Waals surface area contributed by atoms with Gasteiger partial charge < -0.3 is 5.32 Å². The van der Waals surface area contributed by atoms with Gasteiger partial charge in [-0.2, -0.15) is 4.98 Å². The molecule has 1 aromatic carbocycles. The molecule has 0 saturated carbocycles. The van der Waals surface area contributed by atoms with E-state index in [1.54, 1.807) is 19.9 Å². The zero-order valence-corrected chi connectivity index (χ0v) is 12.9. The van der Waals surface area contributed by atoms with Gasteiger partial charge in [0.15, 0.2) is 0 Å². The van der Waals surface area contributed by atoms with Gasteiger partial charge >= 0.3 is 5.69 Å². The molecule has 1 N–H and O–H groups in total. The van der Waals surface area contributed by atoms with Crippen molar-refractivity contribution in [3.63, 3.8) is 0 Å². The number of carbonyl (C=O) groups excluding carboxylic acids is 1. The van der Waals surface area contributed by atoms with Crippen molar-refractivity contribution in [2.45, 2.75) is 20.4 Å². The first kappa shape index (κ1) is 16.2. The molecule has 0 unspecified atom stereocenters. The number of hydrogen-bond acceptors (Lipinski definition) is 3. The normalized spacial score (nSPS) is 10.5. The van der Waals surface area contributed by atoms with Gasteiger partial charge in [-0.05, 0) is 38.1 Å². The Kier molecular flexibility index (Phi) is 4.92. The van der Waals surface area contributed by atoms with Crippen molar-refractivity contribution in [2.75, 3.05) is 6.54 Å². The van der Waals surface area contributed by atoms with E-state index in [9.17, 15) is 14.0 Å². The van der Waals surface area contributed by atoms with Crippen molar-refractivity contribution in [3.8, 4) is 0 Å². The maximum absolute atomic E-state index is 12.9. The van der Waals surface area contributed by atoms with Crippen LogP contribution < -0.4 is 11.0 Å². The van der Waals surface area contributed by atoms with Gasteiger partial charge in [0.2, 0.25) is 0 Å². The second kappa shape index (κ2) is 6.70. The summed E-state index contributed by atoms with van der Waals surface area (Å²) in [6.45, 7) is 4.08. The first-order chi connectivity index (χ1) is 10.4. The Morgan fingerprint density at radius 2 is 2.09 bits per heavy atom. The highest BCUT2D eigenvalue weighted by Crippen LogP contribution is 2.16. The van der Waals surface area contributed by atoms with Crippen LogP contribution in [0.3, 0.4) is 0 Å². The van der Waals surface area contributed by atoms with Crippen molar-refractivity contribution >= 4 is 17.5 Å². The molecule has 0 fully saturated rings. The third-order valence-electron chi connectivity index (χ3n) is 3.14. The molecule has 5 nitrogen and oxygen atoms in total. The summed E-state index contributed by atoms with van der Waals surface area (Å²) < 4.78 is 14.4. The fraction of sp³-hybridized carbons (Fsp3) is 0.267. The molecule has 22 heavy (non-hydrogen) atoms. The SMILES string of the molecule is Cc1cc(C)n(CCNC(=O)c2ccc(F)cc2Cl)c(=O)n1. The molecule has 0 atom stereocenters. The van der Waals surface area contributed by atoms with Crippen LogP contribution >= 0.6 is 11.6 Å². The number of aromatic nitrogens is 2. The number of nitrogens with zero attached hydrogens (tertiary/aromatic N) is 2. The van der Waals surface area contributed by atoms with Crippen LogP contribution in [-0.2, 0) is 6.54 Å². The number of carbonyl (C=O) groups is 1. The predicted molar refractivity (Wildman–Crippen MR) is 81.7 cm³/mol. The van der Waals surface area contributed by atoms with E-state index in [0.29, 0.717) is 12.2 Å². The van der Waals surface area contributed by atoms with E-state index in [1.807, 2.05) is 0 Å². The smallest absolute Gasteiger partial charge is 0.348 e. The maximum Gasteiger partial charge on any atom is 0.348 e. The molecule has 2 rings (SSSR count). The summed E-state index contributed by atoms with van der Waals surface area (Å²) in [5, 5.41) is 2.69. The average Bonchev–Trinajstić information content (AvgIpc) is 2.41. The Balaban J connectivity index is 2.02. The summed E-state index contributed by atoms with van der Waals surface area (Å²) >= 11 is 5.82. The topological polar surface area (TPSA) is 64.0 Å². The summed E-state index contributed by atoms with van der Waals surface area (Å²) in [6, 6.07) is 5.35. The van der Waals surface area contributed by atoms with Crippen molar-refractivity contribution in [3.05, 3.63) is 62.5 Å². The molecule has 116 valence electrons. The molecule has 0 aliphatic rings. The second-order valence-corrected chi connectivity index (χ2v) is 5.26. The number of halogens is 2. The third kappa shape index (κ3) is 3.71. The van der Waals surface area contributed by atoms with Crippen molar-refractivity contribution in [1.82, 2.24) is 14.9 Å². The molecule has 0 aliphatic heterocycles. The molecule has 0 saturated heterocycles. The van der Waals surface area contributed by atoms with Gasteiger partial charge in [-0.25, -0.2) is 9.18 Å². The molecule has 2 aromatic rings. The van der Waals surface area contributed by atoms with Gasteiger partial charge in [0.05, 0.1) is 10.6 Å². The van der Waals surface area contributed by atoms with E-state index >= 15 is 0 Å². The lowest BCUT2D eigenvalue weighted by atomic mass is 10.2. The number of benzene rings is 1. The molecule has 1 heterocycles. The molecule has 7 heteroatoms. The Labute approximate surface area is 131 Å². The van der Waals surface area contributed by atoms with Crippen LogP contribution in [0.15, 0.2) is 29.1 Å². The van der Waals surface area contributed by atoms with Crippen LogP contribution in [0.25, 0.3) is 0 Å². The Morgan fingerprint density at radius 1 is 1.36 bits per heavy atom. The van der Waals surface area contributed by atoms with Crippen LogP contribution in [0.1, 0.15) is 21.7 Å². The largest absolute Gasteiger partial charge is 0.350 e. The molecule has 0 aliphatic carbocycles. The Hall–Kier alpha value is -2.21. The molecular formula is C15H15ClFN3O2. The summed E-state index contributed by atoms with van der Waals surface area (Å²) in [7, 11) is 0. The van der Waals surface area contributed by atoms with Gasteiger partial charge in [0, 0.05) is 24.5 Å². The van der Waals surface area contributed by atoms with E-state index in [1.165, 1.54) is 16.7 Å². The third-order valence-corrected chi connectivity index (χ3v) is 3.46. The zero-order valence-electron chi connectivity index (χ0n) is 12.2. The lowest BCUT2D eigenvalue weighted by Gasteiger charge is -2.11. The summed E-state index contributed by atoms with van der Waals surface area (Å²) in [5.41, 5.74) is 1.26. The number of rotatable bonds is 4. The average molecular weight is 324 g/mol. The molecular weight excluding hydrogens is 309 g/mol. The van der Waals surface area contributed by atoms with Crippen LogP contribution in [-0.4, -0.2) is 22.0 Å². The fourth-order valence-electron chi connectivity index (χ4n) is 2.10. The minimum Gasteiger partial charge on any atom is -0.350 e. The van der Waals surface area contributed by atoms with Gasteiger partial charge in [-0.15, -0.1) is 0 Å². The van der Waals surface area contributed by atoms with E-state index in [0.717, 1.165) is 11.8 Å². The number of aryl methyl sites for hydroxylation is 2. The van der Waals surface area contributed by atoms with Gasteiger partial charge in [-0.1, -0.05) is 11.6 Å². The minimum atomic E-state index is -0.505. The predicted octanol–water partition coefficient (Wildman–Crippen LogP) is 2.08. The second-order valence-electron chi connectivity index (χ2n) is 4.85. The highest BCUT2D eigenvalue weighted by Gasteiger charge is 2.11. The lowest BCUT2D eigenvalue weighted by molar-refractivity contribution is 0.0952. The highest BCUT2D eigenvalue weighted by atomic mass is 35.5. The summed E-state index contributed by atoms with van der Waals surface area (Å²) in [4.78, 5) is 27.6. The highest BCUT2D eigenvalue weighted by molar-refractivity contribution is 6.33. The van der Waals surface area contributed by atoms with Crippen LogP contribution in [0.5, 0.6) is 0 Å². The van der Waals surface area contributed by atoms with Crippen molar-refractivity contribution in [1.29, 1.82) is 0 Å². The number of hydrogen-bond donors (Lipinski definition) is 1. The molecule has 0 bridgehead atoms. The summed E-state index contributed by atoms with van der Waals surface area (Å²) in [5.74, 6) is -0.926. The molecule has 1 aromatic heterocycles. The van der Waals surface area contributed by atoms with Crippen molar-refractivity contribution in [2.24, 2.45) is 0 Å². The van der Waals surface area contributed by atoms with Gasteiger partial charge in [-0.3, -0.25) is 9.36 Å². The van der Waals surface area contributed by atoms with Crippen LogP contribution in [0.4, 0.5) is 4.39 Å². The lowest BCUT2D eigenvalue weighted by Crippen LogP contribution is -2.33. The Bertz CT molecular complexity index is 774. The van der Waals surface area contributed by atoms with E-state index < -0.39 is 11.7 Å². The van der Waals surface area contributed by atoms with Gasteiger partial charge in [0.25, 0.3) is 5.91 Å². The maximum atomic E-state index is 12.9. The van der Waals surface area contributed by atoms with Crippen LogP contribution in [0.2, 0.25) is 5.02 Å². The van der Waals surface area contributed by atoms with Crippen LogP contribution in [0, 0.1) is 19.7 Å². The minimum absolute atomic E-state index is 0.0443. The van der Waals surface area contributed by atoms with E-state index in [-0.39, 0.29) is 22.8 Å². The van der Waals surface area contributed by atoms with E-state index in [4.69, 9.17) is 11.6 Å². The standard InChI is InChI=1S/C15H15ClFN3O2/c1-9-7-10(2)20(15(22)19-9)6-5-18-14(21)12-4-3-11(17)8-13(12)16/h3-4,7-8H,5-6H2,1-2H3,(H,18,21). The van der Waals surface area contributed by atoms with Gasteiger partial charge in [0.1, 0.15) is 5.82 Å².